The number of nitrogens with zero attached hydrogens (tertiary/aromatic N) is 6. The van der Waals surface area contributed by atoms with E-state index in [1.165, 1.54) is 10.7 Å². The van der Waals surface area contributed by atoms with Gasteiger partial charge < -0.3 is 25.1 Å². The number of urea groups is 1. The zero-order valence-corrected chi connectivity index (χ0v) is 29.3. The number of carbonyl (C=O) groups is 2. The Hall–Kier alpha value is -4.08. The average Bonchev–Trinajstić information content (AvgIpc) is 3.38. The van der Waals surface area contributed by atoms with Crippen LogP contribution in [-0.2, 0) is 17.4 Å². The summed E-state index contributed by atoms with van der Waals surface area (Å²) >= 11 is 6.01. The summed E-state index contributed by atoms with van der Waals surface area (Å²) in [6.07, 6.45) is -1.67. The van der Waals surface area contributed by atoms with Gasteiger partial charge in [0.1, 0.15) is 11.8 Å². The maximum atomic E-state index is 14.0. The lowest BCUT2D eigenvalue weighted by Gasteiger charge is -2.39. The van der Waals surface area contributed by atoms with Gasteiger partial charge in [0.15, 0.2) is 5.82 Å². The van der Waals surface area contributed by atoms with E-state index in [-0.39, 0.29) is 42.7 Å². The fourth-order valence-electron chi connectivity index (χ4n) is 7.39. The van der Waals surface area contributed by atoms with Crippen molar-refractivity contribution >= 4 is 23.5 Å². The number of aromatic hydroxyl groups is 1. The number of hydrogen-bond acceptors (Lipinski definition) is 7. The molecule has 0 aliphatic carbocycles. The molecule has 3 aliphatic heterocycles. The molecule has 0 spiro atoms. The molecule has 1 atom stereocenters. The number of phenols is 1. The summed E-state index contributed by atoms with van der Waals surface area (Å²) in [4.78, 5) is 51.2. The summed E-state index contributed by atoms with van der Waals surface area (Å²) in [6.45, 7) is 5.44. The highest BCUT2D eigenvalue weighted by Crippen LogP contribution is 2.40. The molecule has 0 radical (unpaired) electrons. The second kappa shape index (κ2) is 15.7. The number of H-pyrrole nitrogens is 1. The van der Waals surface area contributed by atoms with Crippen LogP contribution in [0.25, 0.3) is 11.4 Å². The van der Waals surface area contributed by atoms with E-state index in [1.54, 1.807) is 9.80 Å². The lowest BCUT2D eigenvalue weighted by molar-refractivity contribution is -0.138. The number of benzene rings is 2. The monoisotopic (exact) mass is 732 g/mol. The van der Waals surface area contributed by atoms with E-state index in [0.29, 0.717) is 37.8 Å². The predicted molar refractivity (Wildman–Crippen MR) is 186 cm³/mol. The molecule has 3 aromatic rings. The van der Waals surface area contributed by atoms with Gasteiger partial charge in [-0.05, 0) is 69.9 Å². The van der Waals surface area contributed by atoms with Gasteiger partial charge >= 0.3 is 17.9 Å². The van der Waals surface area contributed by atoms with Crippen molar-refractivity contribution in [1.82, 2.24) is 39.7 Å². The molecule has 3 aliphatic rings. The first kappa shape index (κ1) is 36.7. The SMILES string of the molecule is CN1CCCN(C2CCN(C(=O)[C@@H](Cc3cc(Cl)c(O)c(C(F)(F)F)c3)NC(=O)N3CCC(n4nc(-c5ccccc5)[nH]c4=O)CC3)CC2)CC1. The van der Waals surface area contributed by atoms with Crippen molar-refractivity contribution in [3.8, 4) is 17.1 Å². The first-order valence-electron chi connectivity index (χ1n) is 17.5. The third kappa shape index (κ3) is 8.70. The summed E-state index contributed by atoms with van der Waals surface area (Å²) in [5.74, 6) is -1.02. The zero-order chi connectivity index (χ0) is 36.3. The van der Waals surface area contributed by atoms with Crippen molar-refractivity contribution in [2.24, 2.45) is 0 Å². The van der Waals surface area contributed by atoms with Crippen molar-refractivity contribution in [3.05, 3.63) is 69.1 Å². The second-order valence-corrected chi connectivity index (χ2v) is 14.1. The lowest BCUT2D eigenvalue weighted by atomic mass is 9.98. The minimum absolute atomic E-state index is 0.0539. The van der Waals surface area contributed by atoms with Crippen LogP contribution in [0.2, 0.25) is 5.02 Å². The molecule has 6 rings (SSSR count). The Labute approximate surface area is 299 Å². The third-order valence-corrected chi connectivity index (χ3v) is 10.6. The van der Waals surface area contributed by atoms with Crippen LogP contribution in [0, 0.1) is 0 Å². The largest absolute Gasteiger partial charge is 0.506 e. The summed E-state index contributed by atoms with van der Waals surface area (Å²) in [7, 11) is 2.11. The topological polar surface area (TPSA) is 130 Å². The van der Waals surface area contributed by atoms with Gasteiger partial charge in [0.2, 0.25) is 5.91 Å². The Morgan fingerprint density at radius 1 is 0.961 bits per heavy atom. The fourth-order valence-corrected chi connectivity index (χ4v) is 7.63. The highest BCUT2D eigenvalue weighted by atomic mass is 35.5. The molecular formula is C35H44ClF3N8O4. The molecule has 0 saturated carbocycles. The number of carbonyl (C=O) groups excluding carboxylic acids is 2. The van der Waals surface area contributed by atoms with Crippen LogP contribution in [0.1, 0.15) is 49.3 Å². The summed E-state index contributed by atoms with van der Waals surface area (Å²) in [5.41, 5.74) is -0.826. The van der Waals surface area contributed by atoms with Crippen molar-refractivity contribution in [2.45, 2.75) is 62.8 Å². The molecule has 3 fully saturated rings. The number of aromatic amines is 1. The zero-order valence-electron chi connectivity index (χ0n) is 28.5. The first-order valence-corrected chi connectivity index (χ1v) is 17.8. The van der Waals surface area contributed by atoms with E-state index >= 15 is 0 Å². The van der Waals surface area contributed by atoms with Crippen LogP contribution in [0.4, 0.5) is 18.0 Å². The van der Waals surface area contributed by atoms with E-state index in [1.807, 2.05) is 30.3 Å². The molecule has 0 unspecified atom stereocenters. The highest BCUT2D eigenvalue weighted by molar-refractivity contribution is 6.32. The fraction of sp³-hybridized carbons (Fsp3) is 0.543. The Morgan fingerprint density at radius 3 is 2.31 bits per heavy atom. The van der Waals surface area contributed by atoms with Crippen molar-refractivity contribution in [3.63, 3.8) is 0 Å². The number of likely N-dealkylation sites (tertiary alicyclic amines) is 2. The van der Waals surface area contributed by atoms with E-state index in [9.17, 15) is 32.7 Å². The first-order chi connectivity index (χ1) is 24.4. The van der Waals surface area contributed by atoms with E-state index in [2.05, 4.69) is 32.2 Å². The van der Waals surface area contributed by atoms with Gasteiger partial charge in [-0.25, -0.2) is 14.3 Å². The summed E-state index contributed by atoms with van der Waals surface area (Å²) < 4.78 is 42.7. The minimum atomic E-state index is -4.88. The maximum Gasteiger partial charge on any atom is 0.420 e. The second-order valence-electron chi connectivity index (χ2n) is 13.7. The van der Waals surface area contributed by atoms with Crippen LogP contribution in [-0.4, -0.2) is 123 Å². The van der Waals surface area contributed by atoms with E-state index in [4.69, 9.17) is 11.6 Å². The number of aromatic nitrogens is 3. The molecule has 16 heteroatoms. The average molecular weight is 733 g/mol. The van der Waals surface area contributed by atoms with Gasteiger partial charge in [-0.3, -0.25) is 14.7 Å². The molecular weight excluding hydrogens is 689 g/mol. The molecule has 51 heavy (non-hydrogen) atoms. The normalized spacial score (nSPS) is 19.5. The highest BCUT2D eigenvalue weighted by Gasteiger charge is 2.37. The molecule has 276 valence electrons. The molecule has 3 amide bonds. The Kier molecular flexibility index (Phi) is 11.3. The predicted octanol–water partition coefficient (Wildman–Crippen LogP) is 4.20. The van der Waals surface area contributed by atoms with Crippen LogP contribution < -0.4 is 11.0 Å². The molecule has 2 aromatic carbocycles. The van der Waals surface area contributed by atoms with Gasteiger partial charge in [0, 0.05) is 57.3 Å². The van der Waals surface area contributed by atoms with Gasteiger partial charge in [-0.2, -0.15) is 13.2 Å². The van der Waals surface area contributed by atoms with Gasteiger partial charge in [0.05, 0.1) is 16.6 Å². The molecule has 3 N–H and O–H groups in total. The number of hydrogen-bond donors (Lipinski definition) is 3. The number of likely N-dealkylation sites (N-methyl/N-ethyl adjacent to an activating group) is 1. The molecule has 0 bridgehead atoms. The maximum absolute atomic E-state index is 14.0. The third-order valence-electron chi connectivity index (χ3n) is 10.3. The van der Waals surface area contributed by atoms with Crippen LogP contribution >= 0.6 is 11.6 Å². The number of halogens is 4. The van der Waals surface area contributed by atoms with E-state index < -0.39 is 34.6 Å². The van der Waals surface area contributed by atoms with Gasteiger partial charge in [0.25, 0.3) is 0 Å². The number of phenolic OH excluding ortho intramolecular Hbond substituents is 1. The lowest BCUT2D eigenvalue weighted by Crippen LogP contribution is -2.56. The van der Waals surface area contributed by atoms with Crippen molar-refractivity contribution in [1.29, 1.82) is 0 Å². The van der Waals surface area contributed by atoms with Gasteiger partial charge in [-0.15, -0.1) is 5.10 Å². The van der Waals surface area contributed by atoms with Crippen LogP contribution in [0.15, 0.2) is 47.3 Å². The quantitative estimate of drug-likeness (QED) is 0.332. The van der Waals surface area contributed by atoms with Crippen LogP contribution in [0.5, 0.6) is 5.75 Å². The molecule has 12 nitrogen and oxygen atoms in total. The van der Waals surface area contributed by atoms with Gasteiger partial charge in [-0.1, -0.05) is 41.9 Å². The number of piperidine rings is 2. The van der Waals surface area contributed by atoms with Crippen molar-refractivity contribution < 1.29 is 27.9 Å². The Bertz CT molecular complexity index is 1740. The molecule has 1 aromatic heterocycles. The Balaban J connectivity index is 1.14. The minimum Gasteiger partial charge on any atom is -0.506 e. The molecule has 4 heterocycles. The Morgan fingerprint density at radius 2 is 1.63 bits per heavy atom. The number of nitrogens with one attached hydrogen (secondary N) is 2. The standard InChI is InChI=1S/C35H44ClF3N8O4/c1-43-12-5-13-44(19-18-43)25-8-14-45(15-9-25)32(49)29(22-23-20-27(35(37,38)39)30(48)28(36)21-23)40-33(50)46-16-10-26(11-17-46)47-34(51)41-31(42-47)24-6-3-2-4-7-24/h2-4,6-7,20-21,25-26,29,48H,5,8-19,22H2,1H3,(H,40,50)(H,41,42,51)/t29-/m1/s1. The van der Waals surface area contributed by atoms with Crippen LogP contribution in [0.3, 0.4) is 0 Å². The summed E-state index contributed by atoms with van der Waals surface area (Å²) in [6, 6.07) is 9.60. The number of rotatable bonds is 7. The van der Waals surface area contributed by atoms with E-state index in [0.717, 1.165) is 57.1 Å². The number of amides is 3. The van der Waals surface area contributed by atoms with Crippen molar-refractivity contribution in [2.75, 3.05) is 59.4 Å². The molecule has 3 saturated heterocycles. The smallest absolute Gasteiger partial charge is 0.420 e. The number of alkyl halides is 3. The summed E-state index contributed by atoms with van der Waals surface area (Å²) in [5, 5.41) is 16.8.